The van der Waals surface area contributed by atoms with Crippen LogP contribution in [0.3, 0.4) is 0 Å². The van der Waals surface area contributed by atoms with Gasteiger partial charge in [-0.3, -0.25) is 9.59 Å². The summed E-state index contributed by atoms with van der Waals surface area (Å²) in [6.07, 6.45) is -0.364. The van der Waals surface area contributed by atoms with Crippen LogP contribution < -0.4 is 0 Å². The summed E-state index contributed by atoms with van der Waals surface area (Å²) in [5.41, 5.74) is 1.42. The molecular weight excluding hydrogens is 294 g/mol. The van der Waals surface area contributed by atoms with Gasteiger partial charge in [-0.1, -0.05) is 18.2 Å². The van der Waals surface area contributed by atoms with Crippen LogP contribution in [0.2, 0.25) is 0 Å². The van der Waals surface area contributed by atoms with Crippen molar-refractivity contribution in [3.05, 3.63) is 34.9 Å². The van der Waals surface area contributed by atoms with Crippen LogP contribution in [0.15, 0.2) is 18.2 Å². The molecule has 0 unspecified atom stereocenters. The van der Waals surface area contributed by atoms with Gasteiger partial charge < -0.3 is 9.47 Å². The summed E-state index contributed by atoms with van der Waals surface area (Å²) in [6, 6.07) is 7.66. The molecule has 0 N–H and O–H groups in total. The largest absolute Gasteiger partial charge is 0.466 e. The average molecular weight is 317 g/mol. The maximum absolute atomic E-state index is 12.0. The molecule has 0 fully saturated rings. The van der Waals surface area contributed by atoms with E-state index in [9.17, 15) is 14.9 Å². The van der Waals surface area contributed by atoms with Gasteiger partial charge in [0.05, 0.1) is 32.1 Å². The number of hydrogen-bond donors (Lipinski definition) is 0. The molecule has 0 aliphatic heterocycles. The molecule has 0 atom stereocenters. The highest BCUT2D eigenvalue weighted by atomic mass is 16.5. The van der Waals surface area contributed by atoms with Crippen molar-refractivity contribution in [3.63, 3.8) is 0 Å². The number of carbonyl (C=O) groups excluding carboxylic acids is 2. The number of esters is 2. The van der Waals surface area contributed by atoms with E-state index in [1.165, 1.54) is 0 Å². The molecule has 0 radical (unpaired) electrons. The summed E-state index contributed by atoms with van der Waals surface area (Å²) in [6.45, 7) is 7.75. The molecule has 23 heavy (non-hydrogen) atoms. The Labute approximate surface area is 137 Å². The lowest BCUT2D eigenvalue weighted by atomic mass is 9.75. The van der Waals surface area contributed by atoms with Crippen molar-refractivity contribution in [1.29, 1.82) is 5.26 Å². The van der Waals surface area contributed by atoms with Crippen molar-refractivity contribution in [2.24, 2.45) is 0 Å². The third-order valence-corrected chi connectivity index (χ3v) is 3.78. The lowest BCUT2D eigenvalue weighted by Gasteiger charge is -2.26. The van der Waals surface area contributed by atoms with Gasteiger partial charge in [0.15, 0.2) is 0 Å². The van der Waals surface area contributed by atoms with E-state index in [1.807, 2.05) is 26.0 Å². The van der Waals surface area contributed by atoms with Crippen molar-refractivity contribution in [2.45, 2.75) is 46.0 Å². The molecule has 1 rings (SSSR count). The standard InChI is InChI=1S/C18H23NO4/c1-5-22-16(20)10-18(12-19,11-17(21)23-6-2)15-8-7-13(3)14(4)9-15/h7-9H,5-6,10-11H2,1-4H3. The topological polar surface area (TPSA) is 76.4 Å². The minimum atomic E-state index is -1.28. The molecular formula is C18H23NO4. The first kappa shape index (κ1) is 18.7. The molecule has 1 aromatic rings. The van der Waals surface area contributed by atoms with Crippen molar-refractivity contribution in [1.82, 2.24) is 0 Å². The van der Waals surface area contributed by atoms with Gasteiger partial charge in [-0.05, 0) is 44.4 Å². The van der Waals surface area contributed by atoms with Crippen LogP contribution in [0.25, 0.3) is 0 Å². The van der Waals surface area contributed by atoms with Crippen molar-refractivity contribution in [2.75, 3.05) is 13.2 Å². The predicted molar refractivity (Wildman–Crippen MR) is 85.7 cm³/mol. The van der Waals surface area contributed by atoms with Gasteiger partial charge in [-0.2, -0.15) is 5.26 Å². The van der Waals surface area contributed by atoms with Gasteiger partial charge in [0.1, 0.15) is 5.41 Å². The Hall–Kier alpha value is -2.35. The smallest absolute Gasteiger partial charge is 0.307 e. The number of aryl methyl sites for hydroxylation is 2. The van der Waals surface area contributed by atoms with E-state index in [0.717, 1.165) is 11.1 Å². The number of nitriles is 1. The summed E-state index contributed by atoms with van der Waals surface area (Å²) >= 11 is 0. The summed E-state index contributed by atoms with van der Waals surface area (Å²) < 4.78 is 9.95. The average Bonchev–Trinajstić information content (AvgIpc) is 2.49. The molecule has 1 aromatic carbocycles. The summed E-state index contributed by atoms with van der Waals surface area (Å²) in [5, 5.41) is 9.76. The fraction of sp³-hybridized carbons (Fsp3) is 0.500. The Morgan fingerprint density at radius 2 is 1.57 bits per heavy atom. The van der Waals surface area contributed by atoms with Crippen LogP contribution in [0, 0.1) is 25.2 Å². The molecule has 0 bridgehead atoms. The number of rotatable bonds is 7. The fourth-order valence-electron chi connectivity index (χ4n) is 2.37. The van der Waals surface area contributed by atoms with Gasteiger partial charge in [-0.25, -0.2) is 0 Å². The van der Waals surface area contributed by atoms with Crippen LogP contribution in [0.1, 0.15) is 43.4 Å². The van der Waals surface area contributed by atoms with Gasteiger partial charge >= 0.3 is 11.9 Å². The molecule has 0 heterocycles. The predicted octanol–water partition coefficient (Wildman–Crippen LogP) is 2.97. The quantitative estimate of drug-likeness (QED) is 0.723. The number of benzene rings is 1. The molecule has 5 nitrogen and oxygen atoms in total. The van der Waals surface area contributed by atoms with E-state index < -0.39 is 17.4 Å². The molecule has 0 amide bonds. The third-order valence-electron chi connectivity index (χ3n) is 3.78. The first-order valence-corrected chi connectivity index (χ1v) is 7.68. The Balaban J connectivity index is 3.26. The summed E-state index contributed by atoms with van der Waals surface area (Å²) in [5.74, 6) is -1.01. The molecule has 0 aromatic heterocycles. The number of carbonyl (C=O) groups is 2. The Morgan fingerprint density at radius 1 is 1.04 bits per heavy atom. The highest BCUT2D eigenvalue weighted by molar-refractivity contribution is 5.77. The SMILES string of the molecule is CCOC(=O)CC(C#N)(CC(=O)OCC)c1ccc(C)c(C)c1. The minimum absolute atomic E-state index is 0.182. The Kier molecular flexibility index (Phi) is 6.77. The van der Waals surface area contributed by atoms with E-state index in [4.69, 9.17) is 9.47 Å². The van der Waals surface area contributed by atoms with Gasteiger partial charge in [0, 0.05) is 0 Å². The van der Waals surface area contributed by atoms with Crippen LogP contribution in [0.5, 0.6) is 0 Å². The molecule has 0 saturated heterocycles. The Morgan fingerprint density at radius 3 is 1.96 bits per heavy atom. The molecule has 0 aliphatic rings. The van der Waals surface area contributed by atoms with E-state index in [2.05, 4.69) is 6.07 Å². The molecule has 124 valence electrons. The van der Waals surface area contributed by atoms with Crippen molar-refractivity contribution >= 4 is 11.9 Å². The van der Waals surface area contributed by atoms with Crippen LogP contribution in [0.4, 0.5) is 0 Å². The Bertz CT molecular complexity index is 596. The highest BCUT2D eigenvalue weighted by Crippen LogP contribution is 2.33. The maximum atomic E-state index is 12.0. The summed E-state index contributed by atoms with van der Waals surface area (Å²) in [4.78, 5) is 23.9. The third kappa shape index (κ3) is 4.82. The monoisotopic (exact) mass is 317 g/mol. The second kappa shape index (κ2) is 8.33. The summed E-state index contributed by atoms with van der Waals surface area (Å²) in [7, 11) is 0. The van der Waals surface area contributed by atoms with E-state index in [0.29, 0.717) is 5.56 Å². The fourth-order valence-corrected chi connectivity index (χ4v) is 2.37. The van der Waals surface area contributed by atoms with Crippen LogP contribution in [-0.4, -0.2) is 25.2 Å². The van der Waals surface area contributed by atoms with Crippen molar-refractivity contribution in [3.8, 4) is 6.07 Å². The zero-order chi connectivity index (χ0) is 17.5. The van der Waals surface area contributed by atoms with Gasteiger partial charge in [-0.15, -0.1) is 0 Å². The number of nitrogens with zero attached hydrogens (tertiary/aromatic N) is 1. The second-order valence-corrected chi connectivity index (χ2v) is 5.46. The van der Waals surface area contributed by atoms with E-state index in [1.54, 1.807) is 19.9 Å². The lowest BCUT2D eigenvalue weighted by Crippen LogP contribution is -2.32. The zero-order valence-electron chi connectivity index (χ0n) is 14.1. The molecule has 0 spiro atoms. The first-order chi connectivity index (χ1) is 10.9. The molecule has 5 heteroatoms. The maximum Gasteiger partial charge on any atom is 0.307 e. The normalized spacial score (nSPS) is 10.7. The number of ether oxygens (including phenoxy) is 2. The van der Waals surface area contributed by atoms with Gasteiger partial charge in [0.2, 0.25) is 0 Å². The van der Waals surface area contributed by atoms with E-state index >= 15 is 0 Å². The number of hydrogen-bond acceptors (Lipinski definition) is 5. The second-order valence-electron chi connectivity index (χ2n) is 5.46. The van der Waals surface area contributed by atoms with E-state index in [-0.39, 0.29) is 26.1 Å². The lowest BCUT2D eigenvalue weighted by molar-refractivity contribution is -0.146. The molecule has 0 aliphatic carbocycles. The first-order valence-electron chi connectivity index (χ1n) is 7.68. The van der Waals surface area contributed by atoms with Crippen molar-refractivity contribution < 1.29 is 19.1 Å². The highest BCUT2D eigenvalue weighted by Gasteiger charge is 2.39. The van der Waals surface area contributed by atoms with Crippen LogP contribution >= 0.6 is 0 Å². The van der Waals surface area contributed by atoms with Gasteiger partial charge in [0.25, 0.3) is 0 Å². The van der Waals surface area contributed by atoms with Crippen LogP contribution in [-0.2, 0) is 24.5 Å². The molecule has 0 saturated carbocycles. The minimum Gasteiger partial charge on any atom is -0.466 e. The zero-order valence-corrected chi connectivity index (χ0v) is 14.1.